The Morgan fingerprint density at radius 1 is 0.518 bits per heavy atom. The third-order valence-electron chi connectivity index (χ3n) is 11.0. The molecule has 3 fully saturated rings. The van der Waals surface area contributed by atoms with Crippen molar-refractivity contribution >= 4 is 26.2 Å². The molecule has 14 heteroatoms. The molecular weight excluding hydrogens is 759 g/mol. The third kappa shape index (κ3) is 18.4. The molecule has 0 saturated carbocycles. The molecule has 2 N–H and O–H groups in total. The summed E-state index contributed by atoms with van der Waals surface area (Å²) in [7, 11) is -7.73. The Labute approximate surface area is 348 Å². The van der Waals surface area contributed by atoms with Crippen LogP contribution in [0.4, 0.5) is 0 Å². The number of hydrogen-bond acceptors (Lipinski definition) is 11. The van der Waals surface area contributed by atoms with Crippen molar-refractivity contribution in [2.24, 2.45) is 0 Å². The smallest absolute Gasteiger partial charge is 0.391 e. The normalized spacial score (nSPS) is 31.6. The lowest BCUT2D eigenvalue weighted by atomic mass is 10.0. The minimum atomic E-state index is -2.73. The Hall–Kier alpha value is 0.211. The molecule has 0 radical (unpaired) electrons. The molecule has 0 aliphatic carbocycles. The van der Waals surface area contributed by atoms with E-state index in [0.717, 1.165) is 128 Å². The number of nitrogens with zero attached hydrogens (tertiary/aromatic N) is 1. The molecule has 11 nitrogen and oxygen atoms in total. The van der Waals surface area contributed by atoms with E-state index in [9.17, 15) is 0 Å². The van der Waals surface area contributed by atoms with Gasteiger partial charge in [-0.05, 0) is 145 Å². The second-order valence-corrected chi connectivity index (χ2v) is 27.5. The molecule has 0 aromatic rings. The van der Waals surface area contributed by atoms with E-state index in [1.807, 2.05) is 0 Å². The van der Waals surface area contributed by atoms with Crippen LogP contribution in [0.3, 0.4) is 0 Å². The van der Waals surface area contributed by atoms with Crippen LogP contribution in [0.1, 0.15) is 154 Å². The van der Waals surface area contributed by atoms with Crippen LogP contribution < -0.4 is 10.6 Å². The van der Waals surface area contributed by atoms with Crippen LogP contribution in [0.5, 0.6) is 0 Å². The third-order valence-corrected chi connectivity index (χ3v) is 21.5. The van der Waals surface area contributed by atoms with Crippen LogP contribution in [0.15, 0.2) is 0 Å². The zero-order chi connectivity index (χ0) is 41.4. The van der Waals surface area contributed by atoms with Gasteiger partial charge in [-0.15, -0.1) is 0 Å². The van der Waals surface area contributed by atoms with Gasteiger partial charge in [-0.2, -0.15) is 0 Å². The van der Waals surface area contributed by atoms with Gasteiger partial charge in [-0.1, -0.05) is 40.0 Å². The van der Waals surface area contributed by atoms with Gasteiger partial charge in [0.2, 0.25) is 0 Å². The summed E-state index contributed by atoms with van der Waals surface area (Å²) >= 11 is 0. The number of hydrogen-bond donors (Lipinski definition) is 2. The zero-order valence-corrected chi connectivity index (χ0v) is 41.4. The van der Waals surface area contributed by atoms with Crippen molar-refractivity contribution in [3.8, 4) is 0 Å². The van der Waals surface area contributed by atoms with Gasteiger partial charge in [0, 0.05) is 69.8 Å². The summed E-state index contributed by atoms with van der Waals surface area (Å²) in [6.45, 7) is 34.6. The fourth-order valence-electron chi connectivity index (χ4n) is 9.13. The highest BCUT2D eigenvalue weighted by atomic mass is 28.4. The SMILES string of the molecule is CCCCO[Si]1(CCCNCCN(CCC[Si]2(CCCC)OC(C)CC(C)(C)O2)CCNCCC[Si]2(OCCC)OC(C)CC(C)(C)O2)OC(C)CC(C)(C)O1. The molecule has 6 atom stereocenters. The standard InChI is InChI=1S/C42H89N3O8Si3/c1-13-16-29-47-56(50-39(6)36-42(11,12)53-56)33-19-22-44-24-27-45(25-20-31-54(30-17-14-2)48-37(4)34-40(7,8)51-54)26-23-43-21-18-32-55(46-28-15-3)49-38(5)35-41(9,10)52-55/h37-39,43-44H,13-36H2,1-12H3. The van der Waals surface area contributed by atoms with E-state index in [-0.39, 0.29) is 35.1 Å². The highest BCUT2D eigenvalue weighted by molar-refractivity contribution is 6.67. The van der Waals surface area contributed by atoms with E-state index >= 15 is 0 Å². The van der Waals surface area contributed by atoms with Crippen molar-refractivity contribution in [1.29, 1.82) is 0 Å². The van der Waals surface area contributed by atoms with Gasteiger partial charge in [-0.25, -0.2) is 0 Å². The lowest BCUT2D eigenvalue weighted by Gasteiger charge is -2.47. The van der Waals surface area contributed by atoms with Crippen LogP contribution in [-0.2, 0) is 35.4 Å². The molecular formula is C42H89N3O8Si3. The molecule has 0 bridgehead atoms. The Morgan fingerprint density at radius 2 is 0.982 bits per heavy atom. The molecule has 0 aromatic carbocycles. The van der Waals surface area contributed by atoms with Gasteiger partial charge in [0.05, 0.1) is 16.8 Å². The van der Waals surface area contributed by atoms with Crippen molar-refractivity contribution in [3.05, 3.63) is 0 Å². The summed E-state index contributed by atoms with van der Waals surface area (Å²) in [6.07, 6.45) is 11.8. The quantitative estimate of drug-likeness (QED) is 0.0584. The molecule has 0 amide bonds. The molecule has 3 rings (SSSR count). The van der Waals surface area contributed by atoms with Crippen LogP contribution in [-0.4, -0.2) is 125 Å². The fraction of sp³-hybridized carbons (Fsp3) is 1.00. The van der Waals surface area contributed by atoms with Crippen LogP contribution >= 0.6 is 0 Å². The van der Waals surface area contributed by atoms with Gasteiger partial charge < -0.3 is 50.9 Å². The molecule has 6 unspecified atom stereocenters. The Morgan fingerprint density at radius 3 is 1.45 bits per heavy atom. The summed E-state index contributed by atoms with van der Waals surface area (Å²) in [5, 5.41) is 7.51. The molecule has 0 aromatic heterocycles. The molecule has 56 heavy (non-hydrogen) atoms. The van der Waals surface area contributed by atoms with Gasteiger partial charge in [-0.3, -0.25) is 0 Å². The van der Waals surface area contributed by atoms with Crippen molar-refractivity contribution in [1.82, 2.24) is 15.5 Å². The Balaban J connectivity index is 1.54. The maximum absolute atomic E-state index is 6.90. The molecule has 3 aliphatic heterocycles. The largest absolute Gasteiger partial charge is 0.501 e. The molecule has 3 aliphatic rings. The highest BCUT2D eigenvalue weighted by Crippen LogP contribution is 2.39. The lowest BCUT2D eigenvalue weighted by Crippen LogP contribution is -2.58. The van der Waals surface area contributed by atoms with E-state index in [1.165, 1.54) is 12.8 Å². The topological polar surface area (TPSA) is 101 Å². The second-order valence-electron chi connectivity index (χ2n) is 19.1. The van der Waals surface area contributed by atoms with E-state index in [2.05, 4.69) is 98.6 Å². The van der Waals surface area contributed by atoms with Gasteiger partial charge in [0.1, 0.15) is 0 Å². The summed E-state index contributed by atoms with van der Waals surface area (Å²) in [6, 6.07) is 3.84. The number of unbranched alkanes of at least 4 members (excludes halogenated alkanes) is 2. The molecule has 0 spiro atoms. The summed E-state index contributed by atoms with van der Waals surface area (Å²) in [5.41, 5.74) is -0.534. The van der Waals surface area contributed by atoms with E-state index in [0.29, 0.717) is 13.2 Å². The monoisotopic (exact) mass is 848 g/mol. The lowest BCUT2D eigenvalue weighted by molar-refractivity contribution is -0.0919. The Bertz CT molecular complexity index is 1100. The van der Waals surface area contributed by atoms with E-state index < -0.39 is 26.2 Å². The zero-order valence-electron chi connectivity index (χ0n) is 38.4. The van der Waals surface area contributed by atoms with Gasteiger partial charge in [0.15, 0.2) is 0 Å². The number of rotatable bonds is 28. The van der Waals surface area contributed by atoms with E-state index in [4.69, 9.17) is 35.4 Å². The summed E-state index contributed by atoms with van der Waals surface area (Å²) in [4.78, 5) is 2.62. The minimum Gasteiger partial charge on any atom is -0.391 e. The molecule has 3 heterocycles. The van der Waals surface area contributed by atoms with Crippen LogP contribution in [0.2, 0.25) is 24.2 Å². The summed E-state index contributed by atoms with van der Waals surface area (Å²) < 4.78 is 52.7. The van der Waals surface area contributed by atoms with Gasteiger partial charge in [0.25, 0.3) is 0 Å². The van der Waals surface area contributed by atoms with E-state index in [1.54, 1.807) is 0 Å². The van der Waals surface area contributed by atoms with Crippen LogP contribution in [0, 0.1) is 0 Å². The predicted molar refractivity (Wildman–Crippen MR) is 236 cm³/mol. The fourth-order valence-corrected chi connectivity index (χ4v) is 19.9. The first-order valence-corrected chi connectivity index (χ1v) is 29.0. The maximum atomic E-state index is 6.90. The number of nitrogens with one attached hydrogen (secondary N) is 2. The highest BCUT2D eigenvalue weighted by Gasteiger charge is 2.52. The van der Waals surface area contributed by atoms with Crippen molar-refractivity contribution < 1.29 is 35.4 Å². The first-order valence-electron chi connectivity index (χ1n) is 22.9. The van der Waals surface area contributed by atoms with Crippen molar-refractivity contribution in [2.75, 3.05) is 59.0 Å². The molecule has 3 saturated heterocycles. The Kier molecular flexibility index (Phi) is 21.7. The minimum absolute atomic E-state index is 0.111. The molecule has 332 valence electrons. The summed E-state index contributed by atoms with van der Waals surface area (Å²) in [5.74, 6) is 0. The predicted octanol–water partition coefficient (Wildman–Crippen LogP) is 8.81. The average Bonchev–Trinajstić information content (AvgIpc) is 3.06. The van der Waals surface area contributed by atoms with Crippen molar-refractivity contribution in [3.63, 3.8) is 0 Å². The second kappa shape index (κ2) is 24.0. The van der Waals surface area contributed by atoms with Crippen LogP contribution in [0.25, 0.3) is 0 Å². The first kappa shape index (κ1) is 50.6. The van der Waals surface area contributed by atoms with Gasteiger partial charge >= 0.3 is 26.2 Å². The van der Waals surface area contributed by atoms with Crippen molar-refractivity contribution in [2.45, 2.75) is 213 Å². The maximum Gasteiger partial charge on any atom is 0.501 e. The average molecular weight is 848 g/mol. The first-order chi connectivity index (χ1) is 26.4.